The topological polar surface area (TPSA) is 352 Å². The molecule has 4 aromatic heterocycles. The molecule has 89 heavy (non-hydrogen) atoms. The van der Waals surface area contributed by atoms with Crippen LogP contribution >= 0.6 is 0 Å². The average Bonchev–Trinajstić information content (AvgIpc) is 2.62. The number of nitrogens with one attached hydrogen (secondary N) is 3. The summed E-state index contributed by atoms with van der Waals surface area (Å²) in [6.07, 6.45) is -3.22. The van der Waals surface area contributed by atoms with Gasteiger partial charge in [-0.05, 0) is 35.1 Å². The number of nitrogens with zero attached hydrogens (tertiary/aromatic N) is 8. The van der Waals surface area contributed by atoms with Gasteiger partial charge < -0.3 is 61.1 Å². The Balaban J connectivity index is 0.000000174. The Hall–Kier alpha value is -7.25. The molecule has 12 rings (SSSR count). The minimum Gasteiger partial charge on any atom is -0.387 e. The van der Waals surface area contributed by atoms with E-state index in [1.807, 2.05) is 72.8 Å². The molecule has 9 N–H and O–H groups in total. The first-order valence-electron chi connectivity index (χ1n) is 29.5. The highest BCUT2D eigenvalue weighted by Gasteiger charge is 2.46. The van der Waals surface area contributed by atoms with Crippen LogP contribution < -0.4 is 21.7 Å². The van der Waals surface area contributed by atoms with Gasteiger partial charge in [0.15, 0.2) is 56.3 Å². The van der Waals surface area contributed by atoms with Crippen molar-refractivity contribution >= 4 is 59.4 Å². The van der Waals surface area contributed by atoms with Gasteiger partial charge in [0, 0.05) is 58.0 Å². The maximum atomic E-state index is 11.9. The second-order valence-corrected chi connectivity index (χ2v) is 26.9. The lowest BCUT2D eigenvalue weighted by Gasteiger charge is -2.23. The zero-order chi connectivity index (χ0) is 62.7. The summed E-state index contributed by atoms with van der Waals surface area (Å²) >= 11 is 0. The standard InChI is InChI=1S/C31H38N6O6S.C26H30N6O4.C5H8O3S/c1-42-18-24-27(38)28(39)31(43-24)37-19-34-26-29(33-16-23(20-8-4-2-5-9-20)21-10-6-3-7-11-21)35-25(36-30(26)37)17-32-22-12-14-44(40,41)15-13-22;1-35-14-19-22(33)23(34)26(36-19)32-15-29-21-24(30-20(12-27)31-25(21)32)28-13-18(16-8-4-2-5-9-16)17-10-6-3-7-11-17;6-5-1-3-9(7,8)4-2-5/h2-11,19,22-24,27-28,31-32,38-39H,12-18H2,1H3,(H,33,35,36);2-11,15,18-19,22-23,26,33-34H,12-14,27H2,1H3,(H,28,30,31);1-4H2/t24-,27-,28-,31-;19-,22-,23-,26-;/m11./s1. The van der Waals surface area contributed by atoms with Crippen LogP contribution in [0.3, 0.4) is 0 Å². The fourth-order valence-corrected chi connectivity index (χ4v) is 14.1. The fraction of sp³-hybridized carbons (Fsp3) is 0.435. The van der Waals surface area contributed by atoms with Crippen LogP contribution in [0, 0.1) is 0 Å². The van der Waals surface area contributed by atoms with E-state index >= 15 is 0 Å². The number of benzene rings is 4. The molecule has 8 aromatic rings. The largest absolute Gasteiger partial charge is 0.387 e. The molecule has 4 aliphatic rings. The molecule has 4 fully saturated rings. The Morgan fingerprint density at radius 1 is 0.562 bits per heavy atom. The maximum Gasteiger partial charge on any atom is 0.168 e. The molecule has 4 aliphatic heterocycles. The number of nitrogens with two attached hydrogens (primary N) is 1. The van der Waals surface area contributed by atoms with Crippen molar-refractivity contribution in [2.45, 2.75) is 106 Å². The number of ketones is 1. The van der Waals surface area contributed by atoms with Crippen molar-refractivity contribution < 1.29 is 61.0 Å². The van der Waals surface area contributed by atoms with Crippen LogP contribution in [0.5, 0.6) is 0 Å². The molecule has 8 heterocycles. The Bertz CT molecular complexity index is 3730. The molecule has 0 amide bonds. The third-order valence-electron chi connectivity index (χ3n) is 16.2. The number of sulfone groups is 2. The summed E-state index contributed by atoms with van der Waals surface area (Å²) in [5, 5.41) is 52.9. The van der Waals surface area contributed by atoms with Crippen LogP contribution in [-0.2, 0) is 56.5 Å². The van der Waals surface area contributed by atoms with Crippen molar-refractivity contribution in [2.75, 3.05) is 74.2 Å². The first-order chi connectivity index (χ1) is 43.0. The summed E-state index contributed by atoms with van der Waals surface area (Å²) in [5.41, 5.74) is 12.5. The van der Waals surface area contributed by atoms with E-state index in [0.717, 1.165) is 11.1 Å². The van der Waals surface area contributed by atoms with Gasteiger partial charge in [0.1, 0.15) is 63.9 Å². The van der Waals surface area contributed by atoms with Crippen LogP contribution in [0.25, 0.3) is 22.3 Å². The third-order valence-corrected chi connectivity index (χ3v) is 19.6. The van der Waals surface area contributed by atoms with E-state index in [0.29, 0.717) is 78.1 Å². The van der Waals surface area contributed by atoms with E-state index in [1.165, 1.54) is 38.0 Å². The second kappa shape index (κ2) is 29.6. The minimum absolute atomic E-state index is 0.0280. The van der Waals surface area contributed by atoms with Crippen LogP contribution in [0.1, 0.15) is 83.9 Å². The van der Waals surface area contributed by atoms with Crippen molar-refractivity contribution in [3.63, 3.8) is 0 Å². The Morgan fingerprint density at radius 2 is 0.944 bits per heavy atom. The number of Topliss-reactive ketones (excluding diaryl/α,β-unsaturated/α-hetero) is 1. The predicted molar refractivity (Wildman–Crippen MR) is 332 cm³/mol. The highest BCUT2D eigenvalue weighted by Crippen LogP contribution is 2.36. The number of methoxy groups -OCH3 is 2. The first kappa shape index (κ1) is 64.7. The van der Waals surface area contributed by atoms with E-state index in [-0.39, 0.29) is 79.3 Å². The Kier molecular flexibility index (Phi) is 21.5. The number of hydrogen-bond acceptors (Lipinski definition) is 23. The van der Waals surface area contributed by atoms with E-state index in [1.54, 1.807) is 9.13 Å². The first-order valence-corrected chi connectivity index (χ1v) is 33.2. The smallest absolute Gasteiger partial charge is 0.168 e. The summed E-state index contributed by atoms with van der Waals surface area (Å²) in [7, 11) is -2.80. The molecule has 0 unspecified atom stereocenters. The molecule has 474 valence electrons. The fourth-order valence-electron chi connectivity index (χ4n) is 11.3. The normalized spacial score (nSPS) is 23.3. The van der Waals surface area contributed by atoms with Crippen molar-refractivity contribution in [1.82, 2.24) is 44.4 Å². The highest BCUT2D eigenvalue weighted by atomic mass is 32.2. The van der Waals surface area contributed by atoms with Crippen molar-refractivity contribution in [3.05, 3.63) is 168 Å². The molecule has 4 aromatic carbocycles. The van der Waals surface area contributed by atoms with Gasteiger partial charge in [-0.15, -0.1) is 0 Å². The molecular formula is C62H76N12O13S2. The molecule has 8 atom stereocenters. The molecule has 25 nitrogen and oxygen atoms in total. The summed E-state index contributed by atoms with van der Waals surface area (Å²) in [4.78, 5) is 38.4. The van der Waals surface area contributed by atoms with Gasteiger partial charge in [-0.3, -0.25) is 13.9 Å². The van der Waals surface area contributed by atoms with E-state index < -0.39 is 68.8 Å². The average molecular weight is 1260 g/mol. The number of rotatable bonds is 20. The van der Waals surface area contributed by atoms with Gasteiger partial charge >= 0.3 is 0 Å². The monoisotopic (exact) mass is 1260 g/mol. The summed E-state index contributed by atoms with van der Waals surface area (Å²) in [6.45, 7) is 1.79. The van der Waals surface area contributed by atoms with Crippen molar-refractivity contribution in [2.24, 2.45) is 5.73 Å². The summed E-state index contributed by atoms with van der Waals surface area (Å²) < 4.78 is 70.5. The van der Waals surface area contributed by atoms with Crippen LogP contribution in [0.2, 0.25) is 0 Å². The highest BCUT2D eigenvalue weighted by molar-refractivity contribution is 7.91. The lowest BCUT2D eigenvalue weighted by molar-refractivity contribution is -0.118. The number of ether oxygens (including phenoxy) is 4. The third kappa shape index (κ3) is 15.8. The number of aliphatic hydroxyl groups excluding tert-OH is 4. The van der Waals surface area contributed by atoms with Crippen LogP contribution in [0.4, 0.5) is 11.6 Å². The minimum atomic E-state index is -2.98. The summed E-state index contributed by atoms with van der Waals surface area (Å²) in [5.74, 6) is 2.58. The molecule has 0 spiro atoms. The van der Waals surface area contributed by atoms with Gasteiger partial charge in [-0.2, -0.15) is 0 Å². The van der Waals surface area contributed by atoms with Gasteiger partial charge in [0.25, 0.3) is 0 Å². The van der Waals surface area contributed by atoms with Crippen molar-refractivity contribution in [3.8, 4) is 0 Å². The number of carbonyl (C=O) groups is 1. The van der Waals surface area contributed by atoms with E-state index in [9.17, 15) is 42.1 Å². The molecule has 27 heteroatoms. The number of aromatic nitrogens is 8. The van der Waals surface area contributed by atoms with Gasteiger partial charge in [-0.1, -0.05) is 121 Å². The number of carbonyl (C=O) groups excluding carboxylic acids is 1. The number of imidazole rings is 2. The molecule has 4 saturated heterocycles. The van der Waals surface area contributed by atoms with E-state index in [4.69, 9.17) is 34.6 Å². The van der Waals surface area contributed by atoms with Crippen LogP contribution in [0.15, 0.2) is 134 Å². The van der Waals surface area contributed by atoms with E-state index in [2.05, 4.69) is 84.4 Å². The zero-order valence-corrected chi connectivity index (χ0v) is 51.0. The van der Waals surface area contributed by atoms with Gasteiger partial charge in [0.2, 0.25) is 0 Å². The molecule has 0 aliphatic carbocycles. The van der Waals surface area contributed by atoms with Gasteiger partial charge in [-0.25, -0.2) is 46.7 Å². The second-order valence-electron chi connectivity index (χ2n) is 22.3. The van der Waals surface area contributed by atoms with Gasteiger partial charge in [0.05, 0.1) is 62.0 Å². The predicted octanol–water partition coefficient (Wildman–Crippen LogP) is 3.56. The zero-order valence-electron chi connectivity index (χ0n) is 49.4. The Morgan fingerprint density at radius 3 is 1.33 bits per heavy atom. The molecule has 0 radical (unpaired) electrons. The molecular weight excluding hydrogens is 1180 g/mol. The molecule has 0 saturated carbocycles. The SMILES string of the molecule is COC[C@H]1O[C@@H](n2cnc3c(NCC(c4ccccc4)c4ccccc4)nc(CN)nc32)[C@H](O)[C@@H]1O.COC[C@H]1O[C@@H](n2cnc3c(NCC(c4ccccc4)c4ccccc4)nc(CNC4CCS(=O)(=O)CC4)nc32)[C@H](O)[C@@H]1O.O=C1CCS(=O)(=O)CC1. The molecule has 0 bridgehead atoms. The van der Waals surface area contributed by atoms with Crippen LogP contribution in [-0.4, -0.2) is 188 Å². The summed E-state index contributed by atoms with van der Waals surface area (Å²) in [6, 6.07) is 41.1. The quantitative estimate of drug-likeness (QED) is 0.0541. The number of anilines is 2. The lowest BCUT2D eigenvalue weighted by Crippen LogP contribution is -2.37. The number of aliphatic hydroxyl groups is 4. The lowest BCUT2D eigenvalue weighted by atomic mass is 9.91. The maximum absolute atomic E-state index is 11.9. The number of hydrogen-bond donors (Lipinski definition) is 8. The van der Waals surface area contributed by atoms with Crippen molar-refractivity contribution in [1.29, 1.82) is 0 Å². The Labute approximate surface area is 515 Å². The number of fused-ring (bicyclic) bond motifs is 2.